The van der Waals surface area contributed by atoms with Crippen molar-refractivity contribution in [2.75, 3.05) is 33.3 Å². The molecule has 0 bridgehead atoms. The number of hydrogen-bond donors (Lipinski definition) is 1. The average molecular weight is 254 g/mol. The van der Waals surface area contributed by atoms with E-state index in [-0.39, 0.29) is 5.82 Å². The molecule has 0 radical (unpaired) electrons. The van der Waals surface area contributed by atoms with Crippen LogP contribution in [0.5, 0.6) is 5.75 Å². The summed E-state index contributed by atoms with van der Waals surface area (Å²) in [5, 5.41) is 3.27. The van der Waals surface area contributed by atoms with E-state index in [1.54, 1.807) is 12.1 Å². The van der Waals surface area contributed by atoms with E-state index in [9.17, 15) is 4.39 Å². The maximum absolute atomic E-state index is 13.6. The van der Waals surface area contributed by atoms with Crippen LogP contribution in [-0.2, 0) is 6.54 Å². The van der Waals surface area contributed by atoms with Crippen LogP contribution in [-0.4, -0.2) is 38.2 Å². The molecule has 1 aromatic rings. The fourth-order valence-electron chi connectivity index (χ4n) is 1.75. The Kier molecular flexibility index (Phi) is 6.68. The lowest BCUT2D eigenvalue weighted by Crippen LogP contribution is -2.28. The predicted molar refractivity (Wildman–Crippen MR) is 72.4 cm³/mol. The van der Waals surface area contributed by atoms with Crippen LogP contribution in [0.3, 0.4) is 0 Å². The van der Waals surface area contributed by atoms with Crippen LogP contribution < -0.4 is 10.1 Å². The minimum absolute atomic E-state index is 0.283. The Bertz CT molecular complexity index is 358. The molecule has 0 spiro atoms. The Morgan fingerprint density at radius 2 is 2.11 bits per heavy atom. The van der Waals surface area contributed by atoms with Crippen molar-refractivity contribution in [3.8, 4) is 5.75 Å². The number of hydrogen-bond acceptors (Lipinski definition) is 3. The summed E-state index contributed by atoms with van der Waals surface area (Å²) in [5.74, 6) is 0.0472. The molecule has 1 aromatic carbocycles. The fourth-order valence-corrected chi connectivity index (χ4v) is 1.75. The van der Waals surface area contributed by atoms with Crippen LogP contribution in [0.15, 0.2) is 18.2 Å². The molecule has 0 saturated carbocycles. The second-order valence-electron chi connectivity index (χ2n) is 4.29. The quantitative estimate of drug-likeness (QED) is 0.720. The Labute approximate surface area is 109 Å². The van der Waals surface area contributed by atoms with Gasteiger partial charge in [0.15, 0.2) is 11.6 Å². The summed E-state index contributed by atoms with van der Waals surface area (Å²) in [5.41, 5.74) is 0.968. The highest BCUT2D eigenvalue weighted by molar-refractivity contribution is 5.29. The predicted octanol–water partition coefficient (Wildman–Crippen LogP) is 2.27. The maximum atomic E-state index is 13.6. The molecule has 0 unspecified atom stereocenters. The number of likely N-dealkylation sites (N-methyl/N-ethyl adjacent to an activating group) is 2. The second kappa shape index (κ2) is 8.06. The molecule has 4 heteroatoms. The van der Waals surface area contributed by atoms with Gasteiger partial charge in [0.2, 0.25) is 0 Å². The number of halogens is 1. The molecule has 18 heavy (non-hydrogen) atoms. The monoisotopic (exact) mass is 254 g/mol. The number of nitrogens with zero attached hydrogens (tertiary/aromatic N) is 1. The van der Waals surface area contributed by atoms with Crippen molar-refractivity contribution in [3.63, 3.8) is 0 Å². The van der Waals surface area contributed by atoms with Crippen LogP contribution >= 0.6 is 0 Å². The summed E-state index contributed by atoms with van der Waals surface area (Å²) in [7, 11) is 2.03. The third-order valence-corrected chi connectivity index (χ3v) is 2.67. The van der Waals surface area contributed by atoms with E-state index >= 15 is 0 Å². The van der Waals surface area contributed by atoms with Gasteiger partial charge in [-0.3, -0.25) is 0 Å². The first-order chi connectivity index (χ1) is 8.67. The van der Waals surface area contributed by atoms with E-state index in [1.165, 1.54) is 0 Å². The molecule has 0 aliphatic heterocycles. The molecule has 102 valence electrons. The molecule has 1 rings (SSSR count). The van der Waals surface area contributed by atoms with Gasteiger partial charge in [0, 0.05) is 19.6 Å². The number of nitrogens with one attached hydrogen (secondary N) is 1. The van der Waals surface area contributed by atoms with Crippen molar-refractivity contribution >= 4 is 0 Å². The SMILES string of the molecule is CCNCCN(C)Cc1ccc(OCC)c(F)c1. The molecule has 0 saturated heterocycles. The molecule has 0 heterocycles. The van der Waals surface area contributed by atoms with Crippen molar-refractivity contribution in [3.05, 3.63) is 29.6 Å². The summed E-state index contributed by atoms with van der Waals surface area (Å²) in [6.45, 7) is 8.04. The topological polar surface area (TPSA) is 24.5 Å². The Morgan fingerprint density at radius 1 is 1.33 bits per heavy atom. The molecular formula is C14H23FN2O. The first-order valence-corrected chi connectivity index (χ1v) is 6.47. The van der Waals surface area contributed by atoms with Crippen molar-refractivity contribution in [1.29, 1.82) is 0 Å². The van der Waals surface area contributed by atoms with Gasteiger partial charge in [-0.25, -0.2) is 4.39 Å². The van der Waals surface area contributed by atoms with Crippen molar-refractivity contribution in [2.24, 2.45) is 0 Å². The average Bonchev–Trinajstić information content (AvgIpc) is 2.33. The molecule has 3 nitrogen and oxygen atoms in total. The third kappa shape index (κ3) is 5.02. The van der Waals surface area contributed by atoms with Crippen LogP contribution in [0.4, 0.5) is 4.39 Å². The maximum Gasteiger partial charge on any atom is 0.165 e. The summed E-state index contributed by atoms with van der Waals surface area (Å²) < 4.78 is 18.8. The number of benzene rings is 1. The minimum atomic E-state index is -0.283. The van der Waals surface area contributed by atoms with E-state index in [4.69, 9.17) is 4.74 Å². The van der Waals surface area contributed by atoms with Crippen LogP contribution in [0.2, 0.25) is 0 Å². The Hall–Kier alpha value is -1.13. The Morgan fingerprint density at radius 3 is 2.72 bits per heavy atom. The van der Waals surface area contributed by atoms with Gasteiger partial charge in [-0.1, -0.05) is 13.0 Å². The Balaban J connectivity index is 2.49. The molecule has 0 aliphatic carbocycles. The van der Waals surface area contributed by atoms with Crippen LogP contribution in [0.1, 0.15) is 19.4 Å². The zero-order chi connectivity index (χ0) is 13.4. The van der Waals surface area contributed by atoms with Gasteiger partial charge < -0.3 is 15.0 Å². The van der Waals surface area contributed by atoms with Gasteiger partial charge in [0.05, 0.1) is 6.61 Å². The molecule has 0 aliphatic rings. The fraction of sp³-hybridized carbons (Fsp3) is 0.571. The van der Waals surface area contributed by atoms with Gasteiger partial charge in [-0.2, -0.15) is 0 Å². The van der Waals surface area contributed by atoms with Crippen molar-refractivity contribution in [1.82, 2.24) is 10.2 Å². The number of ether oxygens (including phenoxy) is 1. The summed E-state index contributed by atoms with van der Waals surface area (Å²) in [6.07, 6.45) is 0. The van der Waals surface area contributed by atoms with E-state index in [0.29, 0.717) is 12.4 Å². The molecule has 0 aromatic heterocycles. The van der Waals surface area contributed by atoms with Crippen molar-refractivity contribution < 1.29 is 9.13 Å². The lowest BCUT2D eigenvalue weighted by molar-refractivity contribution is 0.315. The summed E-state index contributed by atoms with van der Waals surface area (Å²) >= 11 is 0. The lowest BCUT2D eigenvalue weighted by atomic mass is 10.2. The normalized spacial score (nSPS) is 10.9. The summed E-state index contributed by atoms with van der Waals surface area (Å²) in [6, 6.07) is 5.17. The number of rotatable bonds is 8. The molecule has 0 fully saturated rings. The van der Waals surface area contributed by atoms with E-state index in [0.717, 1.165) is 31.7 Å². The van der Waals surface area contributed by atoms with Gasteiger partial charge >= 0.3 is 0 Å². The molecular weight excluding hydrogens is 231 g/mol. The van der Waals surface area contributed by atoms with E-state index in [1.807, 2.05) is 20.0 Å². The molecule has 0 amide bonds. The first-order valence-electron chi connectivity index (χ1n) is 6.47. The zero-order valence-electron chi connectivity index (χ0n) is 11.5. The second-order valence-corrected chi connectivity index (χ2v) is 4.29. The van der Waals surface area contributed by atoms with Crippen molar-refractivity contribution in [2.45, 2.75) is 20.4 Å². The van der Waals surface area contributed by atoms with Gasteiger partial charge in [-0.05, 0) is 38.2 Å². The molecule has 0 atom stereocenters. The minimum Gasteiger partial charge on any atom is -0.491 e. The van der Waals surface area contributed by atoms with E-state index < -0.39 is 0 Å². The highest BCUT2D eigenvalue weighted by Gasteiger charge is 2.06. The highest BCUT2D eigenvalue weighted by atomic mass is 19.1. The highest BCUT2D eigenvalue weighted by Crippen LogP contribution is 2.18. The standard InChI is InChI=1S/C14H23FN2O/c1-4-16-8-9-17(3)11-12-6-7-14(18-5-2)13(15)10-12/h6-7,10,16H,4-5,8-9,11H2,1-3H3. The zero-order valence-corrected chi connectivity index (χ0v) is 11.5. The van der Waals surface area contributed by atoms with Gasteiger partial charge in [0.1, 0.15) is 0 Å². The summed E-state index contributed by atoms with van der Waals surface area (Å²) in [4.78, 5) is 2.16. The van der Waals surface area contributed by atoms with Gasteiger partial charge in [-0.15, -0.1) is 0 Å². The third-order valence-electron chi connectivity index (χ3n) is 2.67. The largest absolute Gasteiger partial charge is 0.491 e. The molecule has 1 N–H and O–H groups in total. The van der Waals surface area contributed by atoms with Crippen LogP contribution in [0.25, 0.3) is 0 Å². The lowest BCUT2D eigenvalue weighted by Gasteiger charge is -2.17. The smallest absolute Gasteiger partial charge is 0.165 e. The van der Waals surface area contributed by atoms with Gasteiger partial charge in [0.25, 0.3) is 0 Å². The first kappa shape index (κ1) is 14.9. The van der Waals surface area contributed by atoms with E-state index in [2.05, 4.69) is 17.1 Å². The van der Waals surface area contributed by atoms with Crippen LogP contribution in [0, 0.1) is 5.82 Å².